The summed E-state index contributed by atoms with van der Waals surface area (Å²) in [5, 5.41) is 0. The highest BCUT2D eigenvalue weighted by atomic mass is 16.2. The van der Waals surface area contributed by atoms with Crippen molar-refractivity contribution in [3.8, 4) is 0 Å². The third-order valence-electron chi connectivity index (χ3n) is 4.29. The minimum absolute atomic E-state index is 0.183. The van der Waals surface area contributed by atoms with Crippen LogP contribution in [0.3, 0.4) is 0 Å². The number of ketones is 3. The molecular formula is C19H23NO4. The fourth-order valence-corrected chi connectivity index (χ4v) is 3.39. The highest BCUT2D eigenvalue weighted by Gasteiger charge is 2.41. The second-order valence-corrected chi connectivity index (χ2v) is 6.51. The van der Waals surface area contributed by atoms with E-state index in [1.54, 1.807) is 0 Å². The Bertz CT molecular complexity index is 697. The molecule has 1 aliphatic rings. The van der Waals surface area contributed by atoms with Crippen LogP contribution in [0.15, 0.2) is 12.1 Å². The van der Waals surface area contributed by atoms with Crippen molar-refractivity contribution in [1.29, 1.82) is 0 Å². The molecule has 0 aromatic heterocycles. The van der Waals surface area contributed by atoms with E-state index in [4.69, 9.17) is 0 Å². The Hall–Kier alpha value is -2.30. The molecule has 5 heteroatoms. The standard InChI is InChI=1S/C19H23NO4/c1-5-6-15(22)18-16(23)9-14(21)10-20(18)19(24)17-12(3)7-11(2)8-13(17)4/h7-8,18H,5-6,9-10H2,1-4H3. The molecule has 1 fully saturated rings. The predicted octanol–water partition coefficient (Wildman–Crippen LogP) is 2.33. The topological polar surface area (TPSA) is 71.5 Å². The van der Waals surface area contributed by atoms with E-state index in [1.165, 1.54) is 0 Å². The van der Waals surface area contributed by atoms with Crippen molar-refractivity contribution in [3.63, 3.8) is 0 Å². The van der Waals surface area contributed by atoms with Crippen molar-refractivity contribution in [2.75, 3.05) is 6.54 Å². The van der Waals surface area contributed by atoms with E-state index >= 15 is 0 Å². The van der Waals surface area contributed by atoms with E-state index in [-0.39, 0.29) is 31.0 Å². The van der Waals surface area contributed by atoms with Gasteiger partial charge in [-0.05, 0) is 38.3 Å². The van der Waals surface area contributed by atoms with Gasteiger partial charge in [0.2, 0.25) is 0 Å². The molecule has 1 aromatic carbocycles. The average molecular weight is 329 g/mol. The molecule has 1 aromatic rings. The number of likely N-dealkylation sites (tertiary alicyclic amines) is 1. The lowest BCUT2D eigenvalue weighted by Crippen LogP contribution is -2.56. The number of carbonyl (C=O) groups excluding carboxylic acids is 4. The van der Waals surface area contributed by atoms with Crippen molar-refractivity contribution >= 4 is 23.3 Å². The summed E-state index contributed by atoms with van der Waals surface area (Å²) in [5.74, 6) is -1.50. The Morgan fingerprint density at radius 1 is 1.12 bits per heavy atom. The zero-order chi connectivity index (χ0) is 18.0. The van der Waals surface area contributed by atoms with Gasteiger partial charge >= 0.3 is 0 Å². The highest BCUT2D eigenvalue weighted by Crippen LogP contribution is 2.23. The van der Waals surface area contributed by atoms with Gasteiger partial charge in [-0.2, -0.15) is 0 Å². The Morgan fingerprint density at radius 2 is 1.71 bits per heavy atom. The maximum absolute atomic E-state index is 13.0. The summed E-state index contributed by atoms with van der Waals surface area (Å²) >= 11 is 0. The van der Waals surface area contributed by atoms with Crippen LogP contribution in [0.2, 0.25) is 0 Å². The molecule has 1 atom stereocenters. The van der Waals surface area contributed by atoms with Gasteiger partial charge in [0.05, 0.1) is 13.0 Å². The first-order valence-corrected chi connectivity index (χ1v) is 8.22. The van der Waals surface area contributed by atoms with Gasteiger partial charge < -0.3 is 4.90 Å². The molecule has 5 nitrogen and oxygen atoms in total. The monoisotopic (exact) mass is 329 g/mol. The van der Waals surface area contributed by atoms with Crippen LogP contribution < -0.4 is 0 Å². The number of piperidine rings is 1. The molecule has 0 radical (unpaired) electrons. The second-order valence-electron chi connectivity index (χ2n) is 6.51. The molecule has 0 aliphatic carbocycles. The number of nitrogens with zero attached hydrogens (tertiary/aromatic N) is 1. The van der Waals surface area contributed by atoms with Crippen molar-refractivity contribution in [2.24, 2.45) is 0 Å². The Balaban J connectivity index is 2.45. The summed E-state index contributed by atoms with van der Waals surface area (Å²) in [6, 6.07) is 2.64. The van der Waals surface area contributed by atoms with Crippen LogP contribution in [-0.2, 0) is 14.4 Å². The predicted molar refractivity (Wildman–Crippen MR) is 90.0 cm³/mol. The van der Waals surface area contributed by atoms with Gasteiger partial charge in [0, 0.05) is 12.0 Å². The minimum Gasteiger partial charge on any atom is -0.314 e. The Morgan fingerprint density at radius 3 is 2.25 bits per heavy atom. The normalized spacial score (nSPS) is 18.0. The van der Waals surface area contributed by atoms with Crippen LogP contribution in [-0.4, -0.2) is 40.7 Å². The zero-order valence-corrected chi connectivity index (χ0v) is 14.6. The van der Waals surface area contributed by atoms with Crippen LogP contribution in [0, 0.1) is 20.8 Å². The molecule has 2 rings (SSSR count). The number of aryl methyl sites for hydroxylation is 3. The highest BCUT2D eigenvalue weighted by molar-refractivity contribution is 6.18. The fraction of sp³-hybridized carbons (Fsp3) is 0.474. The number of carbonyl (C=O) groups is 4. The van der Waals surface area contributed by atoms with E-state index in [2.05, 4.69) is 0 Å². The number of amides is 1. The largest absolute Gasteiger partial charge is 0.314 e. The summed E-state index contributed by atoms with van der Waals surface area (Å²) in [4.78, 5) is 50.7. The van der Waals surface area contributed by atoms with Gasteiger partial charge in [-0.3, -0.25) is 19.2 Å². The molecule has 0 spiro atoms. The van der Waals surface area contributed by atoms with E-state index in [0.717, 1.165) is 21.6 Å². The molecule has 1 unspecified atom stereocenters. The summed E-state index contributed by atoms with van der Waals surface area (Å²) in [6.45, 7) is 7.25. The van der Waals surface area contributed by atoms with Crippen LogP contribution >= 0.6 is 0 Å². The zero-order valence-electron chi connectivity index (χ0n) is 14.6. The summed E-state index contributed by atoms with van der Waals surface area (Å²) in [5.41, 5.74) is 3.07. The first kappa shape index (κ1) is 18.0. The van der Waals surface area contributed by atoms with Gasteiger partial charge in [0.15, 0.2) is 23.4 Å². The molecule has 0 bridgehead atoms. The van der Waals surface area contributed by atoms with Gasteiger partial charge in [0.25, 0.3) is 5.91 Å². The number of hydrogen-bond acceptors (Lipinski definition) is 4. The summed E-state index contributed by atoms with van der Waals surface area (Å²) in [7, 11) is 0. The minimum atomic E-state index is -1.13. The van der Waals surface area contributed by atoms with Gasteiger partial charge in [-0.25, -0.2) is 0 Å². The van der Waals surface area contributed by atoms with Crippen LogP contribution in [0.1, 0.15) is 53.2 Å². The Kier molecular flexibility index (Phi) is 5.32. The fourth-order valence-electron chi connectivity index (χ4n) is 3.39. The third-order valence-corrected chi connectivity index (χ3v) is 4.29. The van der Waals surface area contributed by atoms with E-state index in [1.807, 2.05) is 39.8 Å². The molecule has 0 N–H and O–H groups in total. The number of hydrogen-bond donors (Lipinski definition) is 0. The number of Topliss-reactive ketones (excluding diaryl/α,β-unsaturated/α-hetero) is 3. The lowest BCUT2D eigenvalue weighted by Gasteiger charge is -2.33. The van der Waals surface area contributed by atoms with Gasteiger partial charge in [0.1, 0.15) is 0 Å². The first-order valence-electron chi connectivity index (χ1n) is 8.22. The molecule has 1 saturated heterocycles. The number of benzene rings is 1. The molecule has 1 amide bonds. The first-order chi connectivity index (χ1) is 11.3. The average Bonchev–Trinajstić information content (AvgIpc) is 2.45. The molecule has 0 saturated carbocycles. The SMILES string of the molecule is CCCC(=O)C1C(=O)CC(=O)CN1C(=O)c1c(C)cc(C)cc1C. The van der Waals surface area contributed by atoms with Gasteiger partial charge in [-0.1, -0.05) is 24.6 Å². The molecule has 1 aliphatic heterocycles. The van der Waals surface area contributed by atoms with Crippen molar-refractivity contribution in [2.45, 2.75) is 53.0 Å². The Labute approximate surface area is 142 Å². The summed E-state index contributed by atoms with van der Waals surface area (Å²) < 4.78 is 0. The van der Waals surface area contributed by atoms with Crippen molar-refractivity contribution < 1.29 is 19.2 Å². The lowest BCUT2D eigenvalue weighted by molar-refractivity contribution is -0.140. The van der Waals surface area contributed by atoms with E-state index in [9.17, 15) is 19.2 Å². The lowest BCUT2D eigenvalue weighted by atomic mass is 9.91. The van der Waals surface area contributed by atoms with Crippen LogP contribution in [0.4, 0.5) is 0 Å². The van der Waals surface area contributed by atoms with Crippen molar-refractivity contribution in [1.82, 2.24) is 4.90 Å². The molecule has 128 valence electrons. The maximum Gasteiger partial charge on any atom is 0.255 e. The van der Waals surface area contributed by atoms with Gasteiger partial charge in [-0.15, -0.1) is 0 Å². The smallest absolute Gasteiger partial charge is 0.255 e. The second kappa shape index (κ2) is 7.07. The third kappa shape index (κ3) is 3.45. The number of rotatable bonds is 4. The van der Waals surface area contributed by atoms with Crippen LogP contribution in [0.5, 0.6) is 0 Å². The quantitative estimate of drug-likeness (QED) is 0.795. The van der Waals surface area contributed by atoms with Crippen molar-refractivity contribution in [3.05, 3.63) is 34.4 Å². The molecule has 24 heavy (non-hydrogen) atoms. The van der Waals surface area contributed by atoms with E-state index < -0.39 is 17.7 Å². The van der Waals surface area contributed by atoms with E-state index in [0.29, 0.717) is 12.0 Å². The molecule has 1 heterocycles. The molecular weight excluding hydrogens is 306 g/mol. The summed E-state index contributed by atoms with van der Waals surface area (Å²) in [6.07, 6.45) is 0.553. The van der Waals surface area contributed by atoms with Crippen LogP contribution in [0.25, 0.3) is 0 Å². The maximum atomic E-state index is 13.0.